The molecule has 0 unspecified atom stereocenters. The van der Waals surface area contributed by atoms with E-state index in [0.717, 1.165) is 0 Å². The fourth-order valence-corrected chi connectivity index (χ4v) is 1.36. The number of carbonyl (C=O) groups excluding carboxylic acids is 1. The molecule has 6 nitrogen and oxygen atoms in total. The van der Waals surface area contributed by atoms with E-state index in [1.54, 1.807) is 0 Å². The van der Waals surface area contributed by atoms with E-state index < -0.39 is 10.0 Å². The number of hydrogen-bond acceptors (Lipinski definition) is 4. The second-order valence-electron chi connectivity index (χ2n) is 3.41. The smallest absolute Gasteiger partial charge is 0.233 e. The van der Waals surface area contributed by atoms with Gasteiger partial charge in [-0.2, -0.15) is 0 Å². The van der Waals surface area contributed by atoms with Gasteiger partial charge in [-0.25, -0.2) is 13.1 Å². The molecular formula is C8H19N3O3S. The van der Waals surface area contributed by atoms with Gasteiger partial charge in [0, 0.05) is 12.6 Å². The molecule has 15 heavy (non-hydrogen) atoms. The maximum atomic E-state index is 11.1. The maximum absolute atomic E-state index is 11.1. The van der Waals surface area contributed by atoms with Crippen molar-refractivity contribution in [2.45, 2.75) is 19.9 Å². The minimum atomic E-state index is -3.23. The summed E-state index contributed by atoms with van der Waals surface area (Å²) in [7, 11) is -1.89. The quantitative estimate of drug-likeness (QED) is 0.511. The van der Waals surface area contributed by atoms with Crippen molar-refractivity contribution in [2.24, 2.45) is 0 Å². The van der Waals surface area contributed by atoms with Crippen molar-refractivity contribution in [2.75, 3.05) is 25.9 Å². The Labute approximate surface area is 90.9 Å². The third-order valence-electron chi connectivity index (χ3n) is 1.67. The van der Waals surface area contributed by atoms with Crippen LogP contribution in [-0.2, 0) is 14.8 Å². The summed E-state index contributed by atoms with van der Waals surface area (Å²) >= 11 is 0. The van der Waals surface area contributed by atoms with E-state index >= 15 is 0 Å². The van der Waals surface area contributed by atoms with Gasteiger partial charge in [-0.05, 0) is 7.05 Å². The number of hydrogen-bond donors (Lipinski definition) is 3. The molecule has 0 aromatic rings. The summed E-state index contributed by atoms with van der Waals surface area (Å²) in [5.41, 5.74) is 0. The Bertz CT molecular complexity index is 288. The van der Waals surface area contributed by atoms with Crippen LogP contribution >= 0.6 is 0 Å². The predicted molar refractivity (Wildman–Crippen MR) is 59.0 cm³/mol. The Kier molecular flexibility index (Phi) is 6.46. The summed E-state index contributed by atoms with van der Waals surface area (Å²) < 4.78 is 24.1. The first-order valence-electron chi connectivity index (χ1n) is 4.78. The maximum Gasteiger partial charge on any atom is 0.233 e. The molecule has 0 aliphatic rings. The van der Waals surface area contributed by atoms with Gasteiger partial charge in [0.25, 0.3) is 0 Å². The van der Waals surface area contributed by atoms with Crippen molar-refractivity contribution in [3.63, 3.8) is 0 Å². The summed E-state index contributed by atoms with van der Waals surface area (Å²) in [6, 6.07) is 0.233. The highest BCUT2D eigenvalue weighted by molar-refractivity contribution is 7.89. The molecule has 0 bridgehead atoms. The van der Waals surface area contributed by atoms with Crippen LogP contribution in [0.1, 0.15) is 13.8 Å². The van der Waals surface area contributed by atoms with Crippen molar-refractivity contribution < 1.29 is 13.2 Å². The first-order valence-corrected chi connectivity index (χ1v) is 6.44. The van der Waals surface area contributed by atoms with E-state index in [2.05, 4.69) is 15.4 Å². The second-order valence-corrected chi connectivity index (χ2v) is 5.45. The van der Waals surface area contributed by atoms with Crippen molar-refractivity contribution >= 4 is 15.9 Å². The van der Waals surface area contributed by atoms with Crippen molar-refractivity contribution in [1.82, 2.24) is 15.4 Å². The molecule has 0 aliphatic heterocycles. The molecule has 0 aromatic carbocycles. The lowest BCUT2D eigenvalue weighted by atomic mass is 10.4. The normalized spacial score (nSPS) is 11.7. The molecule has 90 valence electrons. The van der Waals surface area contributed by atoms with E-state index in [0.29, 0.717) is 0 Å². The van der Waals surface area contributed by atoms with Gasteiger partial charge in [0.05, 0.1) is 12.3 Å². The Morgan fingerprint density at radius 2 is 1.93 bits per heavy atom. The predicted octanol–water partition coefficient (Wildman–Crippen LogP) is -1.35. The minimum absolute atomic E-state index is 0.100. The van der Waals surface area contributed by atoms with Crippen LogP contribution in [0.4, 0.5) is 0 Å². The lowest BCUT2D eigenvalue weighted by molar-refractivity contribution is -0.120. The van der Waals surface area contributed by atoms with Gasteiger partial charge >= 0.3 is 0 Å². The van der Waals surface area contributed by atoms with Gasteiger partial charge in [-0.1, -0.05) is 13.8 Å². The minimum Gasteiger partial charge on any atom is -0.354 e. The highest BCUT2D eigenvalue weighted by Gasteiger charge is 2.07. The number of sulfonamides is 1. The molecule has 0 saturated heterocycles. The molecule has 1 amide bonds. The number of rotatable bonds is 7. The van der Waals surface area contributed by atoms with Crippen LogP contribution in [-0.4, -0.2) is 46.3 Å². The topological polar surface area (TPSA) is 87.3 Å². The van der Waals surface area contributed by atoms with Crippen LogP contribution < -0.4 is 15.4 Å². The van der Waals surface area contributed by atoms with E-state index in [1.165, 1.54) is 7.05 Å². The fraction of sp³-hybridized carbons (Fsp3) is 0.875. The molecule has 0 fully saturated rings. The zero-order chi connectivity index (χ0) is 11.9. The molecule has 0 aliphatic carbocycles. The average molecular weight is 237 g/mol. The fourth-order valence-electron chi connectivity index (χ4n) is 0.786. The third-order valence-corrected chi connectivity index (χ3v) is 3.04. The lowest BCUT2D eigenvalue weighted by Gasteiger charge is -2.08. The van der Waals surface area contributed by atoms with Gasteiger partial charge in [-0.15, -0.1) is 0 Å². The molecule has 0 rings (SSSR count). The summed E-state index contributed by atoms with van der Waals surface area (Å²) in [5, 5.41) is 5.44. The number of amides is 1. The van der Waals surface area contributed by atoms with Gasteiger partial charge in [0.15, 0.2) is 0 Å². The van der Waals surface area contributed by atoms with Crippen LogP contribution in [0.15, 0.2) is 0 Å². The summed E-state index contributed by atoms with van der Waals surface area (Å²) in [6.07, 6.45) is 0. The van der Waals surface area contributed by atoms with Crippen LogP contribution in [0, 0.1) is 0 Å². The van der Waals surface area contributed by atoms with Gasteiger partial charge < -0.3 is 10.6 Å². The van der Waals surface area contributed by atoms with Crippen LogP contribution in [0.3, 0.4) is 0 Å². The summed E-state index contributed by atoms with van der Waals surface area (Å²) in [6.45, 7) is 4.19. The van der Waals surface area contributed by atoms with Crippen molar-refractivity contribution in [3.8, 4) is 0 Å². The Hall–Kier alpha value is -0.660. The monoisotopic (exact) mass is 237 g/mol. The van der Waals surface area contributed by atoms with Gasteiger partial charge in [-0.3, -0.25) is 4.79 Å². The number of nitrogens with one attached hydrogen (secondary N) is 3. The van der Waals surface area contributed by atoms with E-state index in [1.807, 2.05) is 13.8 Å². The molecule has 0 heterocycles. The highest BCUT2D eigenvalue weighted by atomic mass is 32.2. The first kappa shape index (κ1) is 14.3. The zero-order valence-corrected chi connectivity index (χ0v) is 10.1. The van der Waals surface area contributed by atoms with Gasteiger partial charge in [0.2, 0.25) is 15.9 Å². The Morgan fingerprint density at radius 1 is 1.33 bits per heavy atom. The van der Waals surface area contributed by atoms with E-state index in [4.69, 9.17) is 0 Å². The molecular weight excluding hydrogens is 218 g/mol. The van der Waals surface area contributed by atoms with Crippen LogP contribution in [0.25, 0.3) is 0 Å². The molecule has 3 N–H and O–H groups in total. The molecule has 7 heteroatoms. The Balaban J connectivity index is 3.65. The zero-order valence-electron chi connectivity index (χ0n) is 9.33. The van der Waals surface area contributed by atoms with Crippen molar-refractivity contribution in [3.05, 3.63) is 0 Å². The highest BCUT2D eigenvalue weighted by Crippen LogP contribution is 1.80. The average Bonchev–Trinajstić information content (AvgIpc) is 2.14. The first-order chi connectivity index (χ1) is 6.87. The molecule has 0 aromatic heterocycles. The summed E-state index contributed by atoms with van der Waals surface area (Å²) in [5.74, 6) is -0.299. The lowest BCUT2D eigenvalue weighted by Crippen LogP contribution is -2.39. The summed E-state index contributed by atoms with van der Waals surface area (Å²) in [4.78, 5) is 11.1. The van der Waals surface area contributed by atoms with Crippen LogP contribution in [0.2, 0.25) is 0 Å². The SMILES string of the molecule is CNS(=O)(=O)CCNC(=O)CNC(C)C. The van der Waals surface area contributed by atoms with E-state index in [9.17, 15) is 13.2 Å². The largest absolute Gasteiger partial charge is 0.354 e. The van der Waals surface area contributed by atoms with Gasteiger partial charge in [0.1, 0.15) is 0 Å². The molecule has 0 radical (unpaired) electrons. The van der Waals surface area contributed by atoms with E-state index in [-0.39, 0.29) is 30.8 Å². The number of carbonyl (C=O) groups is 1. The molecule has 0 spiro atoms. The third kappa shape index (κ3) is 8.34. The second kappa shape index (κ2) is 6.76. The van der Waals surface area contributed by atoms with Crippen LogP contribution in [0.5, 0.6) is 0 Å². The van der Waals surface area contributed by atoms with Crippen molar-refractivity contribution in [1.29, 1.82) is 0 Å². The molecule has 0 atom stereocenters. The standard InChI is InChI=1S/C8H19N3O3S/c1-7(2)11-6-8(12)10-4-5-15(13,14)9-3/h7,9,11H,4-6H2,1-3H3,(H,10,12). The molecule has 0 saturated carbocycles. The Morgan fingerprint density at radius 3 is 2.40 bits per heavy atom.